The highest BCUT2D eigenvalue weighted by Gasteiger charge is 2.15. The second-order valence-corrected chi connectivity index (χ2v) is 5.74. The van der Waals surface area contributed by atoms with E-state index in [2.05, 4.69) is 5.32 Å². The Kier molecular flexibility index (Phi) is 5.99. The molecule has 2 aromatic carbocycles. The standard InChI is InChI=1S/C18H19ClFNO2/c1-12-11-15(19)7-8-17(12)23-13(2)18(22)21-10-9-14-5-3-4-6-16(14)20/h3-8,11,13H,9-10H2,1-2H3,(H,21,22). The highest BCUT2D eigenvalue weighted by Crippen LogP contribution is 2.22. The van der Waals surface area contributed by atoms with Crippen molar-refractivity contribution < 1.29 is 13.9 Å². The van der Waals surface area contributed by atoms with Gasteiger partial charge in [0.2, 0.25) is 0 Å². The normalized spacial score (nSPS) is 11.8. The summed E-state index contributed by atoms with van der Waals surface area (Å²) in [6.07, 6.45) is -0.207. The third-order valence-corrected chi connectivity index (χ3v) is 3.70. The maximum absolute atomic E-state index is 13.5. The minimum atomic E-state index is -0.643. The third-order valence-electron chi connectivity index (χ3n) is 3.46. The summed E-state index contributed by atoms with van der Waals surface area (Å²) in [6.45, 7) is 3.89. The molecule has 1 atom stereocenters. The summed E-state index contributed by atoms with van der Waals surface area (Å²) >= 11 is 5.89. The summed E-state index contributed by atoms with van der Waals surface area (Å²) in [5, 5.41) is 3.37. The monoisotopic (exact) mass is 335 g/mol. The lowest BCUT2D eigenvalue weighted by Gasteiger charge is -2.16. The first kappa shape index (κ1) is 17.3. The number of carbonyl (C=O) groups excluding carboxylic acids is 1. The van der Waals surface area contributed by atoms with E-state index in [9.17, 15) is 9.18 Å². The molecule has 5 heteroatoms. The van der Waals surface area contributed by atoms with Crippen molar-refractivity contribution in [1.82, 2.24) is 5.32 Å². The van der Waals surface area contributed by atoms with E-state index in [-0.39, 0.29) is 11.7 Å². The zero-order valence-corrected chi connectivity index (χ0v) is 13.9. The van der Waals surface area contributed by atoms with Gasteiger partial charge in [0.1, 0.15) is 11.6 Å². The molecule has 0 spiro atoms. The number of aryl methyl sites for hydroxylation is 1. The van der Waals surface area contributed by atoms with Crippen molar-refractivity contribution in [2.24, 2.45) is 0 Å². The molecule has 0 aliphatic heterocycles. The van der Waals surface area contributed by atoms with Gasteiger partial charge < -0.3 is 10.1 Å². The SMILES string of the molecule is Cc1cc(Cl)ccc1OC(C)C(=O)NCCc1ccccc1F. The summed E-state index contributed by atoms with van der Waals surface area (Å²) < 4.78 is 19.1. The third kappa shape index (κ3) is 4.96. The lowest BCUT2D eigenvalue weighted by molar-refractivity contribution is -0.127. The van der Waals surface area contributed by atoms with Gasteiger partial charge in [-0.1, -0.05) is 29.8 Å². The summed E-state index contributed by atoms with van der Waals surface area (Å²) in [6, 6.07) is 11.8. The number of ether oxygens (including phenoxy) is 1. The summed E-state index contributed by atoms with van der Waals surface area (Å²) in [5.41, 5.74) is 1.44. The minimum Gasteiger partial charge on any atom is -0.481 e. The quantitative estimate of drug-likeness (QED) is 0.869. The van der Waals surface area contributed by atoms with Crippen molar-refractivity contribution >= 4 is 17.5 Å². The fourth-order valence-electron chi connectivity index (χ4n) is 2.15. The van der Waals surface area contributed by atoms with E-state index < -0.39 is 6.10 Å². The molecule has 0 saturated carbocycles. The van der Waals surface area contributed by atoms with E-state index in [0.29, 0.717) is 29.3 Å². The Hall–Kier alpha value is -2.07. The molecule has 0 heterocycles. The van der Waals surface area contributed by atoms with E-state index in [0.717, 1.165) is 5.56 Å². The van der Waals surface area contributed by atoms with E-state index in [1.54, 1.807) is 43.3 Å². The van der Waals surface area contributed by atoms with Crippen LogP contribution < -0.4 is 10.1 Å². The topological polar surface area (TPSA) is 38.3 Å². The van der Waals surface area contributed by atoms with Crippen LogP contribution in [0.2, 0.25) is 5.02 Å². The van der Waals surface area contributed by atoms with Crippen LogP contribution in [-0.2, 0) is 11.2 Å². The van der Waals surface area contributed by atoms with Crippen LogP contribution in [0.25, 0.3) is 0 Å². The van der Waals surface area contributed by atoms with Gasteiger partial charge in [-0.2, -0.15) is 0 Å². The second kappa shape index (κ2) is 7.97. The van der Waals surface area contributed by atoms with Crippen LogP contribution >= 0.6 is 11.6 Å². The van der Waals surface area contributed by atoms with Crippen molar-refractivity contribution in [3.8, 4) is 5.75 Å². The first-order chi connectivity index (χ1) is 11.0. The van der Waals surface area contributed by atoms with E-state index in [4.69, 9.17) is 16.3 Å². The van der Waals surface area contributed by atoms with Crippen LogP contribution in [0.1, 0.15) is 18.1 Å². The Balaban J connectivity index is 1.84. The predicted molar refractivity (Wildman–Crippen MR) is 89.4 cm³/mol. The smallest absolute Gasteiger partial charge is 0.260 e. The molecule has 0 bridgehead atoms. The zero-order chi connectivity index (χ0) is 16.8. The van der Waals surface area contributed by atoms with E-state index >= 15 is 0 Å². The predicted octanol–water partition coefficient (Wildman–Crippen LogP) is 3.91. The molecule has 122 valence electrons. The number of amides is 1. The number of halogens is 2. The average molecular weight is 336 g/mol. The molecule has 0 aliphatic rings. The number of nitrogens with one attached hydrogen (secondary N) is 1. The Morgan fingerprint density at radius 2 is 2.04 bits per heavy atom. The van der Waals surface area contributed by atoms with Crippen molar-refractivity contribution in [3.63, 3.8) is 0 Å². The number of benzene rings is 2. The molecule has 3 nitrogen and oxygen atoms in total. The molecule has 0 aliphatic carbocycles. The molecule has 1 unspecified atom stereocenters. The number of hydrogen-bond acceptors (Lipinski definition) is 2. The lowest BCUT2D eigenvalue weighted by Crippen LogP contribution is -2.37. The van der Waals surface area contributed by atoms with Crippen LogP contribution in [0.3, 0.4) is 0 Å². The summed E-state index contributed by atoms with van der Waals surface area (Å²) in [5.74, 6) is 0.115. The van der Waals surface area contributed by atoms with Crippen LogP contribution in [0, 0.1) is 12.7 Å². The number of hydrogen-bond donors (Lipinski definition) is 1. The molecule has 1 N–H and O–H groups in total. The molecular formula is C18H19ClFNO2. The van der Waals surface area contributed by atoms with Gasteiger partial charge in [-0.25, -0.2) is 4.39 Å². The van der Waals surface area contributed by atoms with Gasteiger partial charge in [-0.05, 0) is 55.7 Å². The van der Waals surface area contributed by atoms with Crippen molar-refractivity contribution in [1.29, 1.82) is 0 Å². The highest BCUT2D eigenvalue weighted by molar-refractivity contribution is 6.30. The molecule has 0 fully saturated rings. The Morgan fingerprint density at radius 1 is 1.30 bits per heavy atom. The van der Waals surface area contributed by atoms with Crippen molar-refractivity contribution in [2.75, 3.05) is 6.54 Å². The fourth-order valence-corrected chi connectivity index (χ4v) is 2.38. The average Bonchev–Trinajstić information content (AvgIpc) is 2.51. The first-order valence-electron chi connectivity index (χ1n) is 7.41. The molecule has 0 radical (unpaired) electrons. The Bertz CT molecular complexity index is 690. The Morgan fingerprint density at radius 3 is 2.74 bits per heavy atom. The van der Waals surface area contributed by atoms with Crippen molar-refractivity contribution in [3.05, 3.63) is 64.4 Å². The summed E-state index contributed by atoms with van der Waals surface area (Å²) in [4.78, 5) is 12.0. The molecule has 0 aromatic heterocycles. The Labute approximate surface area is 140 Å². The van der Waals surface area contributed by atoms with E-state index in [1.165, 1.54) is 6.07 Å². The molecule has 2 aromatic rings. The molecule has 23 heavy (non-hydrogen) atoms. The van der Waals surface area contributed by atoms with Crippen LogP contribution in [0.15, 0.2) is 42.5 Å². The second-order valence-electron chi connectivity index (χ2n) is 5.30. The van der Waals surface area contributed by atoms with Gasteiger partial charge in [-0.15, -0.1) is 0 Å². The molecule has 0 saturated heterocycles. The maximum Gasteiger partial charge on any atom is 0.260 e. The van der Waals surface area contributed by atoms with Gasteiger partial charge in [0.15, 0.2) is 6.10 Å². The van der Waals surface area contributed by atoms with E-state index in [1.807, 2.05) is 6.92 Å². The molecule has 1 amide bonds. The van der Waals surface area contributed by atoms with Gasteiger partial charge in [0, 0.05) is 11.6 Å². The van der Waals surface area contributed by atoms with Crippen LogP contribution in [0.5, 0.6) is 5.75 Å². The fraction of sp³-hybridized carbons (Fsp3) is 0.278. The van der Waals surface area contributed by atoms with Gasteiger partial charge in [-0.3, -0.25) is 4.79 Å². The first-order valence-corrected chi connectivity index (χ1v) is 7.79. The minimum absolute atomic E-state index is 0.240. The highest BCUT2D eigenvalue weighted by atomic mass is 35.5. The van der Waals surface area contributed by atoms with Crippen LogP contribution in [-0.4, -0.2) is 18.6 Å². The molecule has 2 rings (SSSR count). The van der Waals surface area contributed by atoms with Crippen molar-refractivity contribution in [2.45, 2.75) is 26.4 Å². The zero-order valence-electron chi connectivity index (χ0n) is 13.1. The van der Waals surface area contributed by atoms with Gasteiger partial charge >= 0.3 is 0 Å². The van der Waals surface area contributed by atoms with Crippen LogP contribution in [0.4, 0.5) is 4.39 Å². The van der Waals surface area contributed by atoms with Gasteiger partial charge in [0.25, 0.3) is 5.91 Å². The number of rotatable bonds is 6. The maximum atomic E-state index is 13.5. The summed E-state index contributed by atoms with van der Waals surface area (Å²) in [7, 11) is 0. The number of carbonyl (C=O) groups is 1. The van der Waals surface area contributed by atoms with Gasteiger partial charge in [0.05, 0.1) is 0 Å². The lowest BCUT2D eigenvalue weighted by atomic mass is 10.1. The molecular weight excluding hydrogens is 317 g/mol. The largest absolute Gasteiger partial charge is 0.481 e.